The SMILES string of the molecule is Cc1cc(C(C)C)nc(NC(C)C(=O)N(C)C)n1. The highest BCUT2D eigenvalue weighted by Gasteiger charge is 2.16. The number of nitrogens with zero attached hydrogens (tertiary/aromatic N) is 3. The Morgan fingerprint density at radius 1 is 1.28 bits per heavy atom. The summed E-state index contributed by atoms with van der Waals surface area (Å²) in [4.78, 5) is 22.0. The van der Waals surface area contributed by atoms with Gasteiger partial charge in [0.05, 0.1) is 0 Å². The van der Waals surface area contributed by atoms with Crippen molar-refractivity contribution in [1.29, 1.82) is 0 Å². The smallest absolute Gasteiger partial charge is 0.244 e. The third kappa shape index (κ3) is 3.68. The lowest BCUT2D eigenvalue weighted by Gasteiger charge is -2.18. The maximum absolute atomic E-state index is 11.8. The van der Waals surface area contributed by atoms with Gasteiger partial charge in [0.2, 0.25) is 11.9 Å². The number of nitrogens with one attached hydrogen (secondary N) is 1. The third-order valence-corrected chi connectivity index (χ3v) is 2.62. The Morgan fingerprint density at radius 3 is 2.39 bits per heavy atom. The lowest BCUT2D eigenvalue weighted by molar-refractivity contribution is -0.129. The minimum atomic E-state index is -0.332. The summed E-state index contributed by atoms with van der Waals surface area (Å²) in [7, 11) is 3.47. The number of aryl methyl sites for hydroxylation is 1. The van der Waals surface area contributed by atoms with Gasteiger partial charge in [-0.1, -0.05) is 13.8 Å². The largest absolute Gasteiger partial charge is 0.347 e. The molecule has 0 saturated heterocycles. The zero-order valence-corrected chi connectivity index (χ0v) is 12.0. The lowest BCUT2D eigenvalue weighted by Crippen LogP contribution is -2.37. The van der Waals surface area contributed by atoms with E-state index in [4.69, 9.17) is 0 Å². The number of rotatable bonds is 4. The molecule has 0 saturated carbocycles. The highest BCUT2D eigenvalue weighted by molar-refractivity contribution is 5.83. The fraction of sp³-hybridized carbons (Fsp3) is 0.615. The fourth-order valence-corrected chi connectivity index (χ4v) is 1.60. The van der Waals surface area contributed by atoms with E-state index < -0.39 is 0 Å². The van der Waals surface area contributed by atoms with Gasteiger partial charge in [0.1, 0.15) is 6.04 Å². The molecular formula is C13H22N4O. The molecule has 0 fully saturated rings. The average molecular weight is 250 g/mol. The zero-order valence-electron chi connectivity index (χ0n) is 12.0. The minimum absolute atomic E-state index is 0.00574. The summed E-state index contributed by atoms with van der Waals surface area (Å²) in [6, 6.07) is 1.63. The molecule has 100 valence electrons. The Balaban J connectivity index is 2.87. The molecule has 5 heteroatoms. The molecule has 1 rings (SSSR count). The first-order valence-corrected chi connectivity index (χ1v) is 6.14. The molecule has 0 aliphatic heterocycles. The molecule has 1 aromatic heterocycles. The second-order valence-corrected chi connectivity index (χ2v) is 5.01. The van der Waals surface area contributed by atoms with E-state index in [0.717, 1.165) is 11.4 Å². The van der Waals surface area contributed by atoms with Crippen LogP contribution in [0.2, 0.25) is 0 Å². The molecule has 0 bridgehead atoms. The Bertz CT molecular complexity index is 429. The van der Waals surface area contributed by atoms with Gasteiger partial charge in [-0.15, -0.1) is 0 Å². The third-order valence-electron chi connectivity index (χ3n) is 2.62. The quantitative estimate of drug-likeness (QED) is 0.885. The van der Waals surface area contributed by atoms with Crippen molar-refractivity contribution < 1.29 is 4.79 Å². The first kappa shape index (κ1) is 14.4. The minimum Gasteiger partial charge on any atom is -0.347 e. The molecule has 1 atom stereocenters. The van der Waals surface area contributed by atoms with Crippen LogP contribution in [0.1, 0.15) is 38.1 Å². The van der Waals surface area contributed by atoms with Crippen molar-refractivity contribution in [3.05, 3.63) is 17.5 Å². The van der Waals surface area contributed by atoms with Gasteiger partial charge in [-0.05, 0) is 25.8 Å². The number of likely N-dealkylation sites (N-methyl/N-ethyl adjacent to an activating group) is 1. The highest BCUT2D eigenvalue weighted by Crippen LogP contribution is 2.14. The number of amides is 1. The molecule has 1 heterocycles. The van der Waals surface area contributed by atoms with E-state index in [1.807, 2.05) is 19.9 Å². The van der Waals surface area contributed by atoms with Crippen molar-refractivity contribution in [2.45, 2.75) is 39.7 Å². The summed E-state index contributed by atoms with van der Waals surface area (Å²) >= 11 is 0. The van der Waals surface area contributed by atoms with Crippen molar-refractivity contribution in [3.8, 4) is 0 Å². The number of aromatic nitrogens is 2. The van der Waals surface area contributed by atoms with E-state index in [2.05, 4.69) is 29.1 Å². The summed E-state index contributed by atoms with van der Waals surface area (Å²) in [6.07, 6.45) is 0. The predicted octanol–water partition coefficient (Wildman–Crippen LogP) is 1.80. The molecule has 1 amide bonds. The van der Waals surface area contributed by atoms with Crippen LogP contribution in [0.5, 0.6) is 0 Å². The maximum Gasteiger partial charge on any atom is 0.244 e. The number of carbonyl (C=O) groups is 1. The van der Waals surface area contributed by atoms with Gasteiger partial charge >= 0.3 is 0 Å². The van der Waals surface area contributed by atoms with E-state index in [0.29, 0.717) is 11.9 Å². The number of hydrogen-bond acceptors (Lipinski definition) is 4. The maximum atomic E-state index is 11.8. The molecule has 0 aromatic carbocycles. The molecule has 0 aliphatic carbocycles. The molecule has 0 spiro atoms. The molecular weight excluding hydrogens is 228 g/mol. The molecule has 0 radical (unpaired) electrons. The van der Waals surface area contributed by atoms with Gasteiger partial charge in [-0.25, -0.2) is 9.97 Å². The molecule has 18 heavy (non-hydrogen) atoms. The van der Waals surface area contributed by atoms with Crippen LogP contribution in [-0.4, -0.2) is 40.9 Å². The van der Waals surface area contributed by atoms with Gasteiger partial charge in [-0.2, -0.15) is 0 Å². The van der Waals surface area contributed by atoms with Gasteiger partial charge in [0.15, 0.2) is 0 Å². The first-order valence-electron chi connectivity index (χ1n) is 6.14. The summed E-state index contributed by atoms with van der Waals surface area (Å²) in [5, 5.41) is 3.05. The van der Waals surface area contributed by atoms with E-state index in [-0.39, 0.29) is 11.9 Å². The Morgan fingerprint density at radius 2 is 1.89 bits per heavy atom. The Labute approximate surface area is 109 Å². The summed E-state index contributed by atoms with van der Waals surface area (Å²) in [6.45, 7) is 7.90. The molecule has 5 nitrogen and oxygen atoms in total. The fourth-order valence-electron chi connectivity index (χ4n) is 1.60. The van der Waals surface area contributed by atoms with E-state index >= 15 is 0 Å². The van der Waals surface area contributed by atoms with Crippen LogP contribution in [-0.2, 0) is 4.79 Å². The van der Waals surface area contributed by atoms with Crippen molar-refractivity contribution in [1.82, 2.24) is 14.9 Å². The number of anilines is 1. The highest BCUT2D eigenvalue weighted by atomic mass is 16.2. The Kier molecular flexibility index (Phi) is 4.64. The monoisotopic (exact) mass is 250 g/mol. The second-order valence-electron chi connectivity index (χ2n) is 5.01. The topological polar surface area (TPSA) is 58.1 Å². The van der Waals surface area contributed by atoms with E-state index in [1.165, 1.54) is 0 Å². The summed E-state index contributed by atoms with van der Waals surface area (Å²) < 4.78 is 0. The molecule has 0 aliphatic rings. The van der Waals surface area contributed by atoms with Crippen LogP contribution in [0.4, 0.5) is 5.95 Å². The average Bonchev–Trinajstić information content (AvgIpc) is 2.26. The standard InChI is InChI=1S/C13H22N4O/c1-8(2)11-7-9(3)14-13(16-11)15-10(4)12(18)17(5)6/h7-8,10H,1-6H3,(H,14,15,16). The van der Waals surface area contributed by atoms with E-state index in [9.17, 15) is 4.79 Å². The van der Waals surface area contributed by atoms with Crippen molar-refractivity contribution in [2.24, 2.45) is 0 Å². The van der Waals surface area contributed by atoms with Crippen LogP contribution >= 0.6 is 0 Å². The van der Waals surface area contributed by atoms with Crippen LogP contribution in [0.25, 0.3) is 0 Å². The van der Waals surface area contributed by atoms with Crippen LogP contribution in [0, 0.1) is 6.92 Å². The first-order chi connectivity index (χ1) is 8.31. The molecule has 1 unspecified atom stereocenters. The zero-order chi connectivity index (χ0) is 13.9. The van der Waals surface area contributed by atoms with Gasteiger partial charge < -0.3 is 10.2 Å². The van der Waals surface area contributed by atoms with Crippen LogP contribution < -0.4 is 5.32 Å². The number of carbonyl (C=O) groups excluding carboxylic acids is 1. The number of hydrogen-bond donors (Lipinski definition) is 1. The van der Waals surface area contributed by atoms with Gasteiger partial charge in [0, 0.05) is 25.5 Å². The normalized spacial score (nSPS) is 12.4. The Hall–Kier alpha value is -1.65. The van der Waals surface area contributed by atoms with Crippen LogP contribution in [0.15, 0.2) is 6.07 Å². The summed E-state index contributed by atoms with van der Waals surface area (Å²) in [5.74, 6) is 0.861. The van der Waals surface area contributed by atoms with Crippen molar-refractivity contribution in [2.75, 3.05) is 19.4 Å². The lowest BCUT2D eigenvalue weighted by atomic mass is 10.1. The van der Waals surface area contributed by atoms with Gasteiger partial charge in [-0.3, -0.25) is 4.79 Å². The second kappa shape index (κ2) is 5.80. The predicted molar refractivity (Wildman–Crippen MR) is 72.6 cm³/mol. The van der Waals surface area contributed by atoms with Gasteiger partial charge in [0.25, 0.3) is 0 Å². The van der Waals surface area contributed by atoms with Crippen molar-refractivity contribution >= 4 is 11.9 Å². The van der Waals surface area contributed by atoms with E-state index in [1.54, 1.807) is 19.0 Å². The summed E-state index contributed by atoms with van der Waals surface area (Å²) in [5.41, 5.74) is 1.88. The van der Waals surface area contributed by atoms with Crippen molar-refractivity contribution in [3.63, 3.8) is 0 Å². The molecule has 1 aromatic rings. The molecule has 1 N–H and O–H groups in total. The van der Waals surface area contributed by atoms with Crippen LogP contribution in [0.3, 0.4) is 0 Å².